The van der Waals surface area contributed by atoms with Crippen molar-refractivity contribution in [2.24, 2.45) is 5.92 Å². The molecule has 0 bridgehead atoms. The average molecular weight is 198 g/mol. The molecule has 1 aromatic rings. The highest BCUT2D eigenvalue weighted by Crippen LogP contribution is 2.37. The van der Waals surface area contributed by atoms with E-state index >= 15 is 0 Å². The summed E-state index contributed by atoms with van der Waals surface area (Å²) in [4.78, 5) is 0. The molecular weight excluding hydrogens is 184 g/mol. The van der Waals surface area contributed by atoms with Gasteiger partial charge in [-0.3, -0.25) is 0 Å². The molecule has 1 saturated carbocycles. The minimum absolute atomic E-state index is 0.468. The van der Waals surface area contributed by atoms with Crippen LogP contribution in [0, 0.1) is 10.7 Å². The lowest BCUT2D eigenvalue weighted by Crippen LogP contribution is -2.10. The number of aromatic amines is 1. The molecule has 0 saturated heterocycles. The van der Waals surface area contributed by atoms with Gasteiger partial charge in [0, 0.05) is 0 Å². The van der Waals surface area contributed by atoms with Crippen LogP contribution in [0.5, 0.6) is 0 Å². The third-order valence-corrected chi connectivity index (χ3v) is 2.91. The van der Waals surface area contributed by atoms with Crippen LogP contribution in [0.4, 0.5) is 0 Å². The van der Waals surface area contributed by atoms with Gasteiger partial charge < -0.3 is 0 Å². The van der Waals surface area contributed by atoms with Gasteiger partial charge in [0.2, 0.25) is 4.77 Å². The van der Waals surface area contributed by atoms with E-state index in [2.05, 4.69) is 22.4 Å². The van der Waals surface area contributed by atoms with Gasteiger partial charge in [-0.15, -0.1) is 0 Å². The molecule has 2 rings (SSSR count). The lowest BCUT2D eigenvalue weighted by molar-refractivity contribution is 0.381. The van der Waals surface area contributed by atoms with E-state index in [0.29, 0.717) is 10.8 Å². The Bertz CT molecular complexity index is 325. The van der Waals surface area contributed by atoms with Crippen molar-refractivity contribution in [3.05, 3.63) is 4.77 Å². The summed E-state index contributed by atoms with van der Waals surface area (Å²) in [5.74, 6) is 0.912. The summed E-state index contributed by atoms with van der Waals surface area (Å²) in [6.45, 7) is 2.18. The molecule has 0 aromatic carbocycles. The number of hydrogen-bond donors (Lipinski definition) is 1. The zero-order valence-electron chi connectivity index (χ0n) is 7.73. The first kappa shape index (κ1) is 8.87. The van der Waals surface area contributed by atoms with Crippen LogP contribution >= 0.6 is 12.2 Å². The molecule has 0 amide bonds. The molecule has 1 N–H and O–H groups in total. The van der Waals surface area contributed by atoms with Crippen molar-refractivity contribution in [3.8, 4) is 0 Å². The Labute approximate surface area is 82.3 Å². The number of rotatable bonds is 4. The highest BCUT2D eigenvalue weighted by molar-refractivity contribution is 7.71. The summed E-state index contributed by atoms with van der Waals surface area (Å²) in [7, 11) is 0. The summed E-state index contributed by atoms with van der Waals surface area (Å²) in [5.41, 5.74) is 0. The van der Waals surface area contributed by atoms with Gasteiger partial charge in [-0.2, -0.15) is 5.21 Å². The van der Waals surface area contributed by atoms with Crippen molar-refractivity contribution in [2.75, 3.05) is 0 Å². The van der Waals surface area contributed by atoms with E-state index in [9.17, 15) is 0 Å². The second-order valence-electron chi connectivity index (χ2n) is 3.69. The zero-order valence-corrected chi connectivity index (χ0v) is 8.55. The fraction of sp³-hybridized carbons (Fsp3) is 0.875. The Morgan fingerprint density at radius 3 is 2.92 bits per heavy atom. The maximum Gasteiger partial charge on any atom is 0.238 e. The van der Waals surface area contributed by atoms with Crippen LogP contribution < -0.4 is 0 Å². The number of aromatic nitrogens is 4. The van der Waals surface area contributed by atoms with Crippen LogP contribution in [0.2, 0.25) is 0 Å². The van der Waals surface area contributed by atoms with Gasteiger partial charge in [0.25, 0.3) is 0 Å². The molecule has 1 unspecified atom stereocenters. The summed E-state index contributed by atoms with van der Waals surface area (Å²) < 4.78 is 2.49. The van der Waals surface area contributed by atoms with Crippen molar-refractivity contribution >= 4 is 12.2 Å². The van der Waals surface area contributed by atoms with Crippen LogP contribution in [-0.2, 0) is 0 Å². The van der Waals surface area contributed by atoms with Gasteiger partial charge in [-0.05, 0) is 31.0 Å². The monoisotopic (exact) mass is 198 g/mol. The maximum atomic E-state index is 5.06. The molecule has 1 aromatic heterocycles. The fourth-order valence-electron chi connectivity index (χ4n) is 1.64. The normalized spacial score (nSPS) is 18.8. The summed E-state index contributed by atoms with van der Waals surface area (Å²) >= 11 is 5.06. The van der Waals surface area contributed by atoms with E-state index in [0.717, 1.165) is 12.3 Å². The van der Waals surface area contributed by atoms with Gasteiger partial charge >= 0.3 is 0 Å². The molecule has 1 aliphatic carbocycles. The Morgan fingerprint density at radius 1 is 1.69 bits per heavy atom. The van der Waals surface area contributed by atoms with Gasteiger partial charge in [-0.1, -0.05) is 30.1 Å². The van der Waals surface area contributed by atoms with Crippen LogP contribution in [0.15, 0.2) is 0 Å². The molecule has 4 nitrogen and oxygen atoms in total. The first-order chi connectivity index (χ1) is 6.31. The first-order valence-corrected chi connectivity index (χ1v) is 5.21. The molecule has 1 fully saturated rings. The van der Waals surface area contributed by atoms with Crippen LogP contribution in [-0.4, -0.2) is 20.2 Å². The third kappa shape index (κ3) is 1.96. The number of hydrogen-bond acceptors (Lipinski definition) is 3. The molecule has 1 aliphatic rings. The molecule has 13 heavy (non-hydrogen) atoms. The zero-order chi connectivity index (χ0) is 9.26. The minimum atomic E-state index is 0.468. The molecule has 0 spiro atoms. The Hall–Kier alpha value is -0.710. The van der Waals surface area contributed by atoms with Crippen molar-refractivity contribution < 1.29 is 0 Å². The summed E-state index contributed by atoms with van der Waals surface area (Å²) in [6.07, 6.45) is 5.07. The molecule has 1 atom stereocenters. The van der Waals surface area contributed by atoms with E-state index in [1.165, 1.54) is 19.3 Å². The fourth-order valence-corrected chi connectivity index (χ4v) is 1.87. The van der Waals surface area contributed by atoms with Crippen LogP contribution in [0.1, 0.15) is 38.6 Å². The molecule has 1 heterocycles. The second-order valence-corrected chi connectivity index (χ2v) is 4.06. The predicted octanol–water partition coefficient (Wildman–Crippen LogP) is 2.09. The molecule has 5 heteroatoms. The quantitative estimate of drug-likeness (QED) is 0.753. The summed E-state index contributed by atoms with van der Waals surface area (Å²) in [6, 6.07) is 0.468. The Balaban J connectivity index is 2.10. The highest BCUT2D eigenvalue weighted by Gasteiger charge is 2.26. The minimum Gasteiger partial charge on any atom is -0.239 e. The van der Waals surface area contributed by atoms with E-state index in [-0.39, 0.29) is 0 Å². The van der Waals surface area contributed by atoms with Gasteiger partial charge in [0.1, 0.15) is 0 Å². The lowest BCUT2D eigenvalue weighted by atomic mass is 10.1. The Kier molecular flexibility index (Phi) is 2.44. The van der Waals surface area contributed by atoms with E-state index in [1.54, 1.807) is 0 Å². The molecule has 72 valence electrons. The molecule has 0 radical (unpaired) electrons. The van der Waals surface area contributed by atoms with E-state index in [1.807, 2.05) is 4.68 Å². The topological polar surface area (TPSA) is 46.5 Å². The van der Waals surface area contributed by atoms with Gasteiger partial charge in [-0.25, -0.2) is 4.68 Å². The maximum absolute atomic E-state index is 5.06. The predicted molar refractivity (Wildman–Crippen MR) is 51.9 cm³/mol. The molecule has 0 aliphatic heterocycles. The molecular formula is C8H14N4S. The highest BCUT2D eigenvalue weighted by atomic mass is 32.1. The SMILES string of the molecule is CCC(CC1CC1)n1[nH]nnc1=S. The third-order valence-electron chi connectivity index (χ3n) is 2.63. The standard InChI is InChI=1S/C8H14N4S/c1-2-7(5-6-3-4-6)12-8(13)9-10-11-12/h6-7H,2-5H2,1H3,(H,9,11,13). The van der Waals surface area contributed by atoms with Crippen molar-refractivity contribution in [1.82, 2.24) is 20.2 Å². The van der Waals surface area contributed by atoms with Gasteiger partial charge in [0.15, 0.2) is 0 Å². The number of tetrazole rings is 1. The number of nitrogens with one attached hydrogen (secondary N) is 1. The van der Waals surface area contributed by atoms with Gasteiger partial charge in [0.05, 0.1) is 6.04 Å². The average Bonchev–Trinajstić information content (AvgIpc) is 2.85. The van der Waals surface area contributed by atoms with Crippen molar-refractivity contribution in [1.29, 1.82) is 0 Å². The lowest BCUT2D eigenvalue weighted by Gasteiger charge is -2.13. The largest absolute Gasteiger partial charge is 0.239 e. The van der Waals surface area contributed by atoms with E-state index in [4.69, 9.17) is 12.2 Å². The first-order valence-electron chi connectivity index (χ1n) is 4.81. The van der Waals surface area contributed by atoms with Crippen molar-refractivity contribution in [3.63, 3.8) is 0 Å². The summed E-state index contributed by atoms with van der Waals surface area (Å²) in [5, 5.41) is 10.3. The van der Waals surface area contributed by atoms with Crippen LogP contribution in [0.3, 0.4) is 0 Å². The van der Waals surface area contributed by atoms with Crippen LogP contribution in [0.25, 0.3) is 0 Å². The number of nitrogens with zero attached hydrogens (tertiary/aromatic N) is 3. The van der Waals surface area contributed by atoms with E-state index < -0.39 is 0 Å². The second kappa shape index (κ2) is 3.57. The van der Waals surface area contributed by atoms with Crippen molar-refractivity contribution in [2.45, 2.75) is 38.6 Å². The number of H-pyrrole nitrogens is 1. The smallest absolute Gasteiger partial charge is 0.238 e. The Morgan fingerprint density at radius 2 is 2.46 bits per heavy atom.